The van der Waals surface area contributed by atoms with Crippen LogP contribution >= 0.6 is 0 Å². The highest BCUT2D eigenvalue weighted by atomic mass is 19.4. The Bertz CT molecular complexity index is 863. The van der Waals surface area contributed by atoms with Crippen molar-refractivity contribution in [3.8, 4) is 0 Å². The van der Waals surface area contributed by atoms with Gasteiger partial charge in [0.25, 0.3) is 0 Å². The minimum Gasteiger partial charge on any atom is -0.369 e. The highest BCUT2D eigenvalue weighted by molar-refractivity contribution is 5.88. The molecule has 0 spiro atoms. The van der Waals surface area contributed by atoms with E-state index in [1.165, 1.54) is 20.3 Å². The number of halogens is 3. The number of hydrogen-bond donors (Lipinski definition) is 3. The van der Waals surface area contributed by atoms with Gasteiger partial charge in [-0.1, -0.05) is 0 Å². The number of likely N-dealkylation sites (N-methyl/N-ethyl adjacent to an activating group) is 1. The average molecular weight is 413 g/mol. The number of anilines is 1. The Morgan fingerprint density at radius 3 is 2.76 bits per heavy atom. The predicted molar refractivity (Wildman–Crippen MR) is 102 cm³/mol. The lowest BCUT2D eigenvalue weighted by atomic mass is 10.0. The van der Waals surface area contributed by atoms with Crippen molar-refractivity contribution in [3.63, 3.8) is 0 Å². The van der Waals surface area contributed by atoms with Crippen LogP contribution in [0.1, 0.15) is 31.9 Å². The third kappa shape index (κ3) is 5.34. The first-order valence-electron chi connectivity index (χ1n) is 9.54. The Labute approximate surface area is 166 Å². The fraction of sp³-hybridized carbons (Fsp3) is 0.667. The number of hydrogen-bond acceptors (Lipinski definition) is 6. The fourth-order valence-corrected chi connectivity index (χ4v) is 3.31. The van der Waals surface area contributed by atoms with Crippen LogP contribution in [0.4, 0.5) is 19.0 Å². The van der Waals surface area contributed by atoms with E-state index in [1.54, 1.807) is 0 Å². The van der Waals surface area contributed by atoms with Crippen LogP contribution in [-0.2, 0) is 4.79 Å². The van der Waals surface area contributed by atoms with Crippen LogP contribution in [0.25, 0.3) is 11.0 Å². The van der Waals surface area contributed by atoms with Gasteiger partial charge in [0.1, 0.15) is 12.1 Å². The summed E-state index contributed by atoms with van der Waals surface area (Å²) in [6.45, 7) is 3.39. The number of H-pyrrole nitrogens is 1. The molecule has 3 N–H and O–H groups in total. The van der Waals surface area contributed by atoms with Crippen molar-refractivity contribution in [2.45, 2.75) is 45.3 Å². The second-order valence-electron chi connectivity index (χ2n) is 7.87. The van der Waals surface area contributed by atoms with E-state index in [9.17, 15) is 18.0 Å². The van der Waals surface area contributed by atoms with E-state index in [-0.39, 0.29) is 5.41 Å². The molecule has 1 saturated carbocycles. The van der Waals surface area contributed by atoms with E-state index < -0.39 is 24.7 Å². The molecule has 0 aromatic carbocycles. The molecule has 1 aliphatic carbocycles. The number of nitrogens with zero attached hydrogens (tertiary/aromatic N) is 4. The summed E-state index contributed by atoms with van der Waals surface area (Å²) < 4.78 is 37.4. The number of rotatable bonds is 9. The summed E-state index contributed by atoms with van der Waals surface area (Å²) in [5.41, 5.74) is 1.55. The quantitative estimate of drug-likeness (QED) is 0.583. The number of aromatic amines is 1. The summed E-state index contributed by atoms with van der Waals surface area (Å²) in [4.78, 5) is 21.6. The summed E-state index contributed by atoms with van der Waals surface area (Å²) in [6.07, 6.45) is -0.0631. The van der Waals surface area contributed by atoms with Crippen LogP contribution in [0.5, 0.6) is 0 Å². The van der Waals surface area contributed by atoms with Gasteiger partial charge in [0.05, 0.1) is 18.0 Å². The van der Waals surface area contributed by atoms with Gasteiger partial charge in [0.15, 0.2) is 5.65 Å². The van der Waals surface area contributed by atoms with E-state index in [1.807, 2.05) is 6.92 Å². The lowest BCUT2D eigenvalue weighted by Crippen LogP contribution is -2.47. The number of amides is 1. The van der Waals surface area contributed by atoms with Crippen LogP contribution in [0.2, 0.25) is 0 Å². The van der Waals surface area contributed by atoms with E-state index in [4.69, 9.17) is 0 Å². The van der Waals surface area contributed by atoms with Gasteiger partial charge in [-0.3, -0.25) is 14.8 Å². The van der Waals surface area contributed by atoms with Crippen molar-refractivity contribution < 1.29 is 18.0 Å². The third-order valence-corrected chi connectivity index (χ3v) is 5.54. The standard InChI is InChI=1S/C18H26F3N7O/c1-11-13-14(24-10-25-15(13)27-26-11)23-8-17(4-5-17)6-7-22-16(29)12(2)28(3)9-18(19,20)21/h10,12H,4-9H2,1-3H3,(H,22,29)(H2,23,24,25,26,27). The number of aryl methyl sites for hydroxylation is 1. The molecule has 1 unspecified atom stereocenters. The summed E-state index contributed by atoms with van der Waals surface area (Å²) in [5, 5.41) is 14.0. The van der Waals surface area contributed by atoms with Crippen LogP contribution < -0.4 is 10.6 Å². The molecule has 1 aliphatic rings. The second kappa shape index (κ2) is 8.13. The fourth-order valence-electron chi connectivity index (χ4n) is 3.31. The summed E-state index contributed by atoms with van der Waals surface area (Å²) in [5.74, 6) is 0.325. The number of aromatic nitrogens is 4. The molecule has 0 saturated heterocycles. The minimum absolute atomic E-state index is 0.0588. The van der Waals surface area contributed by atoms with E-state index in [2.05, 4.69) is 30.8 Å². The van der Waals surface area contributed by atoms with E-state index in [0.717, 1.165) is 41.1 Å². The molecular weight excluding hydrogens is 387 g/mol. The van der Waals surface area contributed by atoms with Crippen LogP contribution in [0.3, 0.4) is 0 Å². The molecule has 0 radical (unpaired) electrons. The van der Waals surface area contributed by atoms with Gasteiger partial charge in [0, 0.05) is 18.8 Å². The molecule has 2 heterocycles. The summed E-state index contributed by atoms with van der Waals surface area (Å²) in [6, 6.07) is -0.844. The maximum Gasteiger partial charge on any atom is 0.401 e. The molecule has 2 aromatic rings. The molecule has 11 heteroatoms. The highest BCUT2D eigenvalue weighted by Crippen LogP contribution is 2.48. The number of alkyl halides is 3. The van der Waals surface area contributed by atoms with Crippen LogP contribution in [0.15, 0.2) is 6.33 Å². The first kappa shape index (κ1) is 21.3. The van der Waals surface area contributed by atoms with Gasteiger partial charge in [-0.25, -0.2) is 9.97 Å². The zero-order chi connectivity index (χ0) is 21.2. The monoisotopic (exact) mass is 413 g/mol. The zero-order valence-electron chi connectivity index (χ0n) is 16.7. The average Bonchev–Trinajstić information content (AvgIpc) is 3.32. The SMILES string of the molecule is Cc1[nH]nc2ncnc(NCC3(CCNC(=O)C(C)N(C)CC(F)(F)F)CC3)c12. The van der Waals surface area contributed by atoms with Gasteiger partial charge in [0.2, 0.25) is 5.91 Å². The van der Waals surface area contributed by atoms with E-state index >= 15 is 0 Å². The Morgan fingerprint density at radius 1 is 1.38 bits per heavy atom. The first-order chi connectivity index (χ1) is 13.6. The van der Waals surface area contributed by atoms with Gasteiger partial charge >= 0.3 is 6.18 Å². The minimum atomic E-state index is -4.33. The maximum atomic E-state index is 12.5. The molecule has 0 bridgehead atoms. The Hall–Kier alpha value is -2.43. The molecular formula is C18H26F3N7O. The molecule has 0 aliphatic heterocycles. The summed E-state index contributed by atoms with van der Waals surface area (Å²) in [7, 11) is 1.30. The Kier molecular flexibility index (Phi) is 5.97. The molecule has 1 fully saturated rings. The van der Waals surface area contributed by atoms with Crippen molar-refractivity contribution in [2.75, 3.05) is 32.0 Å². The topological polar surface area (TPSA) is 98.8 Å². The third-order valence-electron chi connectivity index (χ3n) is 5.54. The lowest BCUT2D eigenvalue weighted by molar-refractivity contribution is -0.151. The second-order valence-corrected chi connectivity index (χ2v) is 7.87. The van der Waals surface area contributed by atoms with Crippen molar-refractivity contribution in [2.24, 2.45) is 5.41 Å². The molecule has 29 heavy (non-hydrogen) atoms. The Morgan fingerprint density at radius 2 is 2.10 bits per heavy atom. The van der Waals surface area contributed by atoms with Crippen LogP contribution in [-0.4, -0.2) is 69.9 Å². The zero-order valence-corrected chi connectivity index (χ0v) is 16.7. The van der Waals surface area contributed by atoms with E-state index in [0.29, 0.717) is 18.7 Å². The largest absolute Gasteiger partial charge is 0.401 e. The van der Waals surface area contributed by atoms with Crippen LogP contribution in [0, 0.1) is 12.3 Å². The first-order valence-corrected chi connectivity index (χ1v) is 9.54. The number of carbonyl (C=O) groups is 1. The molecule has 160 valence electrons. The van der Waals surface area contributed by atoms with Gasteiger partial charge < -0.3 is 10.6 Å². The number of carbonyl (C=O) groups excluding carboxylic acids is 1. The molecule has 3 rings (SSSR count). The predicted octanol–water partition coefficient (Wildman–Crippen LogP) is 2.24. The molecule has 2 aromatic heterocycles. The van der Waals surface area contributed by atoms with Crippen molar-refractivity contribution in [1.82, 2.24) is 30.4 Å². The normalized spacial score (nSPS) is 16.8. The Balaban J connectivity index is 1.47. The number of nitrogens with one attached hydrogen (secondary N) is 3. The van der Waals surface area contributed by atoms with Crippen molar-refractivity contribution in [3.05, 3.63) is 12.0 Å². The van der Waals surface area contributed by atoms with Gasteiger partial charge in [-0.2, -0.15) is 18.3 Å². The molecule has 1 amide bonds. The smallest absolute Gasteiger partial charge is 0.369 e. The number of fused-ring (bicyclic) bond motifs is 1. The molecule has 1 atom stereocenters. The highest BCUT2D eigenvalue weighted by Gasteiger charge is 2.42. The van der Waals surface area contributed by atoms with Crippen molar-refractivity contribution in [1.29, 1.82) is 0 Å². The maximum absolute atomic E-state index is 12.5. The lowest BCUT2D eigenvalue weighted by Gasteiger charge is -2.25. The summed E-state index contributed by atoms with van der Waals surface area (Å²) >= 11 is 0. The van der Waals surface area contributed by atoms with Gasteiger partial charge in [-0.15, -0.1) is 0 Å². The van der Waals surface area contributed by atoms with Gasteiger partial charge in [-0.05, 0) is 45.6 Å². The molecule has 8 nitrogen and oxygen atoms in total. The van der Waals surface area contributed by atoms with Crippen molar-refractivity contribution >= 4 is 22.8 Å².